The Kier molecular flexibility index (Phi) is 25.5. The summed E-state index contributed by atoms with van der Waals surface area (Å²) in [5, 5.41) is 13.5. The van der Waals surface area contributed by atoms with Gasteiger partial charge < -0.3 is 28.8 Å². The number of unbranched alkanes of at least 4 members (excludes halogenated alkanes) is 6. The smallest absolute Gasteiger partial charge is 0.268 e. The monoisotopic (exact) mass is 624 g/mol. The second-order valence-electron chi connectivity index (χ2n) is 11.8. The number of phosphoric acid groups is 1. The number of carbonyl (C=O) groups excluding carboxylic acids is 1. The van der Waals surface area contributed by atoms with Crippen LogP contribution in [-0.4, -0.2) is 68.5 Å². The Labute approximate surface area is 262 Å². The van der Waals surface area contributed by atoms with Gasteiger partial charge in [-0.3, -0.25) is 9.36 Å². The van der Waals surface area contributed by atoms with Crippen LogP contribution in [0.1, 0.15) is 97.3 Å². The van der Waals surface area contributed by atoms with Crippen molar-refractivity contribution >= 4 is 13.7 Å². The predicted octanol–water partition coefficient (Wildman–Crippen LogP) is 6.93. The third kappa shape index (κ3) is 28.7. The molecule has 0 aromatic heterocycles. The number of carbonyl (C=O) groups is 1. The van der Waals surface area contributed by atoms with Gasteiger partial charge in [-0.2, -0.15) is 0 Å². The fourth-order valence-corrected chi connectivity index (χ4v) is 4.57. The number of quaternary nitrogens is 1. The summed E-state index contributed by atoms with van der Waals surface area (Å²) in [4.78, 5) is 24.9. The average Bonchev–Trinajstić information content (AvgIpc) is 2.94. The van der Waals surface area contributed by atoms with Gasteiger partial charge in [-0.1, -0.05) is 93.9 Å². The van der Waals surface area contributed by atoms with Crippen LogP contribution in [0.25, 0.3) is 0 Å². The van der Waals surface area contributed by atoms with Gasteiger partial charge in [-0.15, -0.1) is 0 Å². The second kappa shape index (κ2) is 26.6. The maximum atomic E-state index is 12.6. The predicted molar refractivity (Wildman–Crippen MR) is 177 cm³/mol. The number of aliphatic hydroxyl groups excluding tert-OH is 1. The molecule has 3 unspecified atom stereocenters. The lowest BCUT2D eigenvalue weighted by Gasteiger charge is -2.29. The van der Waals surface area contributed by atoms with Crippen LogP contribution in [0.5, 0.6) is 0 Å². The van der Waals surface area contributed by atoms with E-state index in [1.54, 1.807) is 6.08 Å². The molecule has 0 fully saturated rings. The number of hydrogen-bond donors (Lipinski definition) is 2. The molecule has 0 aliphatic rings. The fraction of sp³-hybridized carbons (Fsp3) is 0.676. The Morgan fingerprint density at radius 3 is 2.02 bits per heavy atom. The number of allylic oxidation sites excluding steroid dienone is 9. The number of hydrogen-bond acceptors (Lipinski definition) is 6. The van der Waals surface area contributed by atoms with Gasteiger partial charge in [0.25, 0.3) is 7.82 Å². The van der Waals surface area contributed by atoms with E-state index in [4.69, 9.17) is 9.05 Å². The maximum Gasteiger partial charge on any atom is 0.268 e. The van der Waals surface area contributed by atoms with Crippen molar-refractivity contribution in [3.05, 3.63) is 60.8 Å². The van der Waals surface area contributed by atoms with E-state index in [1.807, 2.05) is 27.2 Å². The van der Waals surface area contributed by atoms with Crippen LogP contribution in [0.4, 0.5) is 0 Å². The summed E-state index contributed by atoms with van der Waals surface area (Å²) in [6.07, 6.45) is 31.5. The molecule has 0 spiro atoms. The van der Waals surface area contributed by atoms with Gasteiger partial charge in [0.05, 0.1) is 39.9 Å². The van der Waals surface area contributed by atoms with Crippen LogP contribution < -0.4 is 10.2 Å². The standard InChI is InChI=1S/C34H61N2O6P/c1-6-8-10-12-14-15-16-17-18-19-20-21-22-24-26-28-34(38)35-32(33(37)27-25-23-13-11-9-7-2)31-42-43(39,40)41-30-29-36(3,4)5/h8,10,14-15,17-18,20-21,25,27,32-33,37H,6-7,9,11-13,16,19,22-24,26,28-31H2,1-5H3,(H-,35,38,39,40)/b10-8-,15-14-,18-17-,21-20-,27-25+. The molecule has 0 radical (unpaired) electrons. The molecule has 0 aromatic rings. The van der Waals surface area contributed by atoms with Gasteiger partial charge >= 0.3 is 0 Å². The molecule has 9 heteroatoms. The molecule has 0 aliphatic carbocycles. The first-order valence-corrected chi connectivity index (χ1v) is 17.6. The normalized spacial score (nSPS) is 15.8. The SMILES string of the molecule is CC/C=C\C/C=C\C/C=C\C/C=C\CCCCC(=O)NC(COP(=O)([O-])OCC[N+](C)(C)C)C(O)/C=C/CCCCCC. The van der Waals surface area contributed by atoms with E-state index in [0.717, 1.165) is 70.6 Å². The average molecular weight is 625 g/mol. The molecule has 0 saturated carbocycles. The molecule has 0 aromatic carbocycles. The Morgan fingerprint density at radius 2 is 1.42 bits per heavy atom. The number of aliphatic hydroxyl groups is 1. The zero-order valence-corrected chi connectivity index (χ0v) is 28.5. The van der Waals surface area contributed by atoms with Crippen LogP contribution in [0.2, 0.25) is 0 Å². The topological polar surface area (TPSA) is 108 Å². The summed E-state index contributed by atoms with van der Waals surface area (Å²) >= 11 is 0. The summed E-state index contributed by atoms with van der Waals surface area (Å²) in [5.41, 5.74) is 0. The van der Waals surface area contributed by atoms with E-state index in [0.29, 0.717) is 17.4 Å². The second-order valence-corrected chi connectivity index (χ2v) is 13.2. The first-order valence-electron chi connectivity index (χ1n) is 16.2. The van der Waals surface area contributed by atoms with Gasteiger partial charge in [0, 0.05) is 6.42 Å². The Morgan fingerprint density at radius 1 is 0.837 bits per heavy atom. The molecule has 3 atom stereocenters. The minimum atomic E-state index is -4.58. The van der Waals surface area contributed by atoms with Crippen molar-refractivity contribution in [2.24, 2.45) is 0 Å². The Hall–Kier alpha value is -1.80. The Balaban J connectivity index is 4.61. The van der Waals surface area contributed by atoms with Crippen LogP contribution in [-0.2, 0) is 18.4 Å². The van der Waals surface area contributed by atoms with Crippen molar-refractivity contribution in [1.82, 2.24) is 5.32 Å². The summed E-state index contributed by atoms with van der Waals surface area (Å²) in [5.74, 6) is -0.249. The summed E-state index contributed by atoms with van der Waals surface area (Å²) < 4.78 is 22.8. The summed E-state index contributed by atoms with van der Waals surface area (Å²) in [6.45, 7) is 4.35. The van der Waals surface area contributed by atoms with E-state index in [-0.39, 0.29) is 18.9 Å². The quantitative estimate of drug-likeness (QED) is 0.0444. The molecule has 8 nitrogen and oxygen atoms in total. The lowest BCUT2D eigenvalue weighted by atomic mass is 10.1. The van der Waals surface area contributed by atoms with Crippen molar-refractivity contribution in [3.8, 4) is 0 Å². The highest BCUT2D eigenvalue weighted by Gasteiger charge is 2.23. The number of likely N-dealkylation sites (N-methyl/N-ethyl adjacent to an activating group) is 1. The van der Waals surface area contributed by atoms with Crippen molar-refractivity contribution in [2.45, 2.75) is 109 Å². The van der Waals surface area contributed by atoms with Crippen molar-refractivity contribution in [2.75, 3.05) is 40.9 Å². The number of phosphoric ester groups is 1. The van der Waals surface area contributed by atoms with E-state index in [1.165, 1.54) is 0 Å². The van der Waals surface area contributed by atoms with E-state index < -0.39 is 26.6 Å². The van der Waals surface area contributed by atoms with Crippen molar-refractivity contribution < 1.29 is 32.9 Å². The highest BCUT2D eigenvalue weighted by Crippen LogP contribution is 2.38. The highest BCUT2D eigenvalue weighted by atomic mass is 31.2. The number of rotatable bonds is 27. The van der Waals surface area contributed by atoms with E-state index >= 15 is 0 Å². The largest absolute Gasteiger partial charge is 0.756 e. The van der Waals surface area contributed by atoms with Crippen LogP contribution in [0.3, 0.4) is 0 Å². The minimum absolute atomic E-state index is 0.0131. The van der Waals surface area contributed by atoms with E-state index in [2.05, 4.69) is 67.8 Å². The third-order valence-corrected chi connectivity index (χ3v) is 7.45. The lowest BCUT2D eigenvalue weighted by molar-refractivity contribution is -0.870. The lowest BCUT2D eigenvalue weighted by Crippen LogP contribution is -2.45. The summed E-state index contributed by atoms with van der Waals surface area (Å²) in [7, 11) is 1.21. The van der Waals surface area contributed by atoms with Gasteiger partial charge in [-0.05, 0) is 57.8 Å². The first-order chi connectivity index (χ1) is 20.5. The van der Waals surface area contributed by atoms with Gasteiger partial charge in [0.15, 0.2) is 0 Å². The van der Waals surface area contributed by atoms with Crippen molar-refractivity contribution in [3.63, 3.8) is 0 Å². The number of nitrogens with zero attached hydrogens (tertiary/aromatic N) is 1. The molecule has 0 saturated heterocycles. The molecule has 2 N–H and O–H groups in total. The third-order valence-electron chi connectivity index (χ3n) is 6.48. The highest BCUT2D eigenvalue weighted by molar-refractivity contribution is 7.45. The zero-order valence-electron chi connectivity index (χ0n) is 27.6. The van der Waals surface area contributed by atoms with Crippen LogP contribution in [0, 0.1) is 0 Å². The number of amides is 1. The molecule has 43 heavy (non-hydrogen) atoms. The molecule has 1 amide bonds. The maximum absolute atomic E-state index is 12.6. The van der Waals surface area contributed by atoms with Gasteiger partial charge in [-0.25, -0.2) is 0 Å². The van der Waals surface area contributed by atoms with Crippen molar-refractivity contribution in [1.29, 1.82) is 0 Å². The molecule has 0 rings (SSSR count). The zero-order chi connectivity index (χ0) is 32.2. The molecular formula is C34H61N2O6P. The fourth-order valence-electron chi connectivity index (χ4n) is 3.84. The molecule has 0 aliphatic heterocycles. The van der Waals surface area contributed by atoms with E-state index in [9.17, 15) is 19.4 Å². The minimum Gasteiger partial charge on any atom is -0.756 e. The van der Waals surface area contributed by atoms with Crippen LogP contribution >= 0.6 is 7.82 Å². The molecule has 248 valence electrons. The summed E-state index contributed by atoms with van der Waals surface area (Å²) in [6, 6.07) is -0.905. The number of nitrogens with one attached hydrogen (secondary N) is 1. The molecule has 0 heterocycles. The van der Waals surface area contributed by atoms with Gasteiger partial charge in [0.2, 0.25) is 5.91 Å². The molecule has 0 bridgehead atoms. The van der Waals surface area contributed by atoms with Crippen LogP contribution in [0.15, 0.2) is 60.8 Å². The van der Waals surface area contributed by atoms with Gasteiger partial charge in [0.1, 0.15) is 13.2 Å². The Bertz CT molecular complexity index is 892. The first kappa shape index (κ1) is 41.2. The molecular weight excluding hydrogens is 563 g/mol.